The molecular weight excluding hydrogens is 324 g/mol. The van der Waals surface area contributed by atoms with Gasteiger partial charge in [-0.1, -0.05) is 68.2 Å². The topological polar surface area (TPSA) is 38.7 Å². The molecule has 0 heterocycles. The van der Waals surface area contributed by atoms with Gasteiger partial charge in [-0.25, -0.2) is 0 Å². The standard InChI is InChI=1S/C23H40O3/c1-9-11-13-25-21(26-14-12-10-2)17-15-18(22(3,4)5)20(24)19(16-17)23(6,7)8/h15-16,21,24H,9-14H2,1-8H3. The molecule has 3 heteroatoms. The van der Waals surface area contributed by atoms with Crippen LogP contribution in [0, 0.1) is 0 Å². The summed E-state index contributed by atoms with van der Waals surface area (Å²) in [5.74, 6) is 0.398. The van der Waals surface area contributed by atoms with Crippen LogP contribution in [0.5, 0.6) is 5.75 Å². The zero-order valence-corrected chi connectivity index (χ0v) is 18.2. The van der Waals surface area contributed by atoms with Crippen molar-refractivity contribution in [1.82, 2.24) is 0 Å². The molecule has 1 aromatic rings. The van der Waals surface area contributed by atoms with Gasteiger partial charge >= 0.3 is 0 Å². The molecule has 0 unspecified atom stereocenters. The lowest BCUT2D eigenvalue weighted by Crippen LogP contribution is -2.20. The molecule has 0 fully saturated rings. The smallest absolute Gasteiger partial charge is 0.183 e. The maximum Gasteiger partial charge on any atom is 0.183 e. The Morgan fingerprint density at radius 2 is 1.19 bits per heavy atom. The maximum atomic E-state index is 10.9. The van der Waals surface area contributed by atoms with Crippen molar-refractivity contribution in [1.29, 1.82) is 0 Å². The minimum absolute atomic E-state index is 0.155. The number of unbranched alkanes of at least 4 members (excludes halogenated alkanes) is 2. The van der Waals surface area contributed by atoms with Crippen molar-refractivity contribution in [3.63, 3.8) is 0 Å². The van der Waals surface area contributed by atoms with E-state index in [0.717, 1.165) is 42.4 Å². The number of benzene rings is 1. The van der Waals surface area contributed by atoms with Gasteiger partial charge < -0.3 is 14.6 Å². The third kappa shape index (κ3) is 6.59. The van der Waals surface area contributed by atoms with Crippen molar-refractivity contribution in [2.45, 2.75) is 98.2 Å². The largest absolute Gasteiger partial charge is 0.507 e. The van der Waals surface area contributed by atoms with E-state index in [1.807, 2.05) is 0 Å². The predicted molar refractivity (Wildman–Crippen MR) is 110 cm³/mol. The number of rotatable bonds is 9. The van der Waals surface area contributed by atoms with Gasteiger partial charge in [0.1, 0.15) is 5.75 Å². The Morgan fingerprint density at radius 1 is 0.808 bits per heavy atom. The Balaban J connectivity index is 3.34. The van der Waals surface area contributed by atoms with E-state index in [2.05, 4.69) is 67.5 Å². The molecule has 0 aromatic heterocycles. The van der Waals surface area contributed by atoms with Crippen molar-refractivity contribution >= 4 is 0 Å². The quantitative estimate of drug-likeness (QED) is 0.395. The normalized spacial score (nSPS) is 12.8. The molecule has 1 N–H and O–H groups in total. The molecule has 0 aliphatic rings. The number of phenolic OH excluding ortho intramolecular Hbond substituents is 1. The van der Waals surface area contributed by atoms with E-state index in [1.54, 1.807) is 0 Å². The Hall–Kier alpha value is -1.06. The van der Waals surface area contributed by atoms with E-state index >= 15 is 0 Å². The molecule has 0 saturated carbocycles. The summed E-state index contributed by atoms with van der Waals surface area (Å²) < 4.78 is 12.2. The van der Waals surface area contributed by atoms with E-state index < -0.39 is 0 Å². The Bertz CT molecular complexity index is 505. The van der Waals surface area contributed by atoms with Crippen LogP contribution in [0.2, 0.25) is 0 Å². The molecule has 0 spiro atoms. The first kappa shape index (κ1) is 23.0. The molecule has 0 aliphatic heterocycles. The molecule has 3 nitrogen and oxygen atoms in total. The van der Waals surface area contributed by atoms with Gasteiger partial charge in [-0.05, 0) is 46.9 Å². The highest BCUT2D eigenvalue weighted by atomic mass is 16.7. The van der Waals surface area contributed by atoms with Crippen molar-refractivity contribution < 1.29 is 14.6 Å². The number of phenols is 1. The van der Waals surface area contributed by atoms with Crippen molar-refractivity contribution in [2.24, 2.45) is 0 Å². The van der Waals surface area contributed by atoms with Crippen molar-refractivity contribution in [3.8, 4) is 5.75 Å². The zero-order chi connectivity index (χ0) is 20.0. The van der Waals surface area contributed by atoms with Crippen molar-refractivity contribution in [3.05, 3.63) is 28.8 Å². The van der Waals surface area contributed by atoms with Crippen LogP contribution in [-0.2, 0) is 20.3 Å². The lowest BCUT2D eigenvalue weighted by atomic mass is 9.78. The van der Waals surface area contributed by atoms with Gasteiger partial charge in [0.25, 0.3) is 0 Å². The van der Waals surface area contributed by atoms with Crippen molar-refractivity contribution in [2.75, 3.05) is 13.2 Å². The third-order valence-corrected chi connectivity index (χ3v) is 4.55. The van der Waals surface area contributed by atoms with Gasteiger partial charge in [0.15, 0.2) is 6.29 Å². The molecule has 0 bridgehead atoms. The summed E-state index contributed by atoms with van der Waals surface area (Å²) >= 11 is 0. The summed E-state index contributed by atoms with van der Waals surface area (Å²) in [6.45, 7) is 18.5. The highest BCUT2D eigenvalue weighted by Crippen LogP contribution is 2.41. The molecule has 0 radical (unpaired) electrons. The number of ether oxygens (including phenoxy) is 2. The fourth-order valence-electron chi connectivity index (χ4n) is 2.85. The first-order chi connectivity index (χ1) is 12.0. The lowest BCUT2D eigenvalue weighted by Gasteiger charge is -2.30. The minimum atomic E-state index is -0.379. The van der Waals surface area contributed by atoms with Gasteiger partial charge in [0.2, 0.25) is 0 Å². The first-order valence-corrected chi connectivity index (χ1v) is 10.1. The molecule has 0 saturated heterocycles. The van der Waals surface area contributed by atoms with E-state index in [4.69, 9.17) is 9.47 Å². The van der Waals surface area contributed by atoms with Gasteiger partial charge in [0, 0.05) is 5.56 Å². The molecule has 26 heavy (non-hydrogen) atoms. The highest BCUT2D eigenvalue weighted by molar-refractivity contribution is 5.50. The zero-order valence-electron chi connectivity index (χ0n) is 18.2. The summed E-state index contributed by atoms with van der Waals surface area (Å²) in [5.41, 5.74) is 2.59. The van der Waals surface area contributed by atoms with Gasteiger partial charge in [-0.3, -0.25) is 0 Å². The second-order valence-corrected chi connectivity index (χ2v) is 9.25. The average molecular weight is 365 g/mol. The second kappa shape index (κ2) is 9.75. The molecule has 1 aromatic carbocycles. The SMILES string of the molecule is CCCCOC(OCCCC)c1cc(C(C)(C)C)c(O)c(C(C)(C)C)c1. The number of hydrogen-bond acceptors (Lipinski definition) is 3. The van der Waals surface area contributed by atoms with Crippen LogP contribution in [0.1, 0.15) is 104 Å². The summed E-state index contributed by atoms with van der Waals surface area (Å²) in [6, 6.07) is 4.13. The van der Waals surface area contributed by atoms with Crippen LogP contribution in [0.3, 0.4) is 0 Å². The summed E-state index contributed by atoms with van der Waals surface area (Å²) in [7, 11) is 0. The van der Waals surface area contributed by atoms with E-state index in [0.29, 0.717) is 19.0 Å². The van der Waals surface area contributed by atoms with E-state index in [-0.39, 0.29) is 17.1 Å². The minimum Gasteiger partial charge on any atom is -0.507 e. The van der Waals surface area contributed by atoms with E-state index in [1.165, 1.54) is 0 Å². The number of hydrogen-bond donors (Lipinski definition) is 1. The van der Waals surface area contributed by atoms with Crippen LogP contribution in [0.15, 0.2) is 12.1 Å². The molecular formula is C23H40O3. The van der Waals surface area contributed by atoms with Crippen LogP contribution in [0.4, 0.5) is 0 Å². The molecule has 1 rings (SSSR count). The summed E-state index contributed by atoms with van der Waals surface area (Å²) in [4.78, 5) is 0. The summed E-state index contributed by atoms with van der Waals surface area (Å²) in [6.07, 6.45) is 3.85. The Labute approximate surface area is 161 Å². The average Bonchev–Trinajstić information content (AvgIpc) is 2.52. The maximum absolute atomic E-state index is 10.9. The van der Waals surface area contributed by atoms with Crippen LogP contribution >= 0.6 is 0 Å². The third-order valence-electron chi connectivity index (χ3n) is 4.55. The van der Waals surface area contributed by atoms with Gasteiger partial charge in [0.05, 0.1) is 13.2 Å². The molecule has 150 valence electrons. The van der Waals surface area contributed by atoms with Crippen LogP contribution < -0.4 is 0 Å². The lowest BCUT2D eigenvalue weighted by molar-refractivity contribution is -0.148. The van der Waals surface area contributed by atoms with Gasteiger partial charge in [-0.2, -0.15) is 0 Å². The van der Waals surface area contributed by atoms with Crippen LogP contribution in [0.25, 0.3) is 0 Å². The summed E-state index contributed by atoms with van der Waals surface area (Å²) in [5, 5.41) is 10.9. The van der Waals surface area contributed by atoms with E-state index in [9.17, 15) is 5.11 Å². The molecule has 0 atom stereocenters. The van der Waals surface area contributed by atoms with Crippen LogP contribution in [-0.4, -0.2) is 18.3 Å². The highest BCUT2D eigenvalue weighted by Gasteiger charge is 2.28. The number of aromatic hydroxyl groups is 1. The fraction of sp³-hybridized carbons (Fsp3) is 0.739. The molecule has 0 aliphatic carbocycles. The molecule has 0 amide bonds. The Kier molecular flexibility index (Phi) is 8.62. The predicted octanol–water partition coefficient (Wildman–Crippen LogP) is 6.62. The fourth-order valence-corrected chi connectivity index (χ4v) is 2.85. The van der Waals surface area contributed by atoms with Gasteiger partial charge in [-0.15, -0.1) is 0 Å². The second-order valence-electron chi connectivity index (χ2n) is 9.25. The first-order valence-electron chi connectivity index (χ1n) is 10.1. The Morgan fingerprint density at radius 3 is 1.50 bits per heavy atom. The monoisotopic (exact) mass is 364 g/mol.